The Hall–Kier alpha value is -1.14. The molecule has 0 unspecified atom stereocenters. The Kier molecular flexibility index (Phi) is 27.4. The van der Waals surface area contributed by atoms with E-state index in [1.54, 1.807) is 0 Å². The van der Waals surface area contributed by atoms with Crippen molar-refractivity contribution in [1.29, 1.82) is 0 Å². The molecule has 6 nitrogen and oxygen atoms in total. The fraction of sp³-hybridized carbons (Fsp3) is 0.946. The average molecular weight is 610 g/mol. The number of rotatable bonds is 30. The Labute approximate surface area is 266 Å². The number of unbranched alkanes of at least 4 members (excludes halogenated alkanes) is 15. The fourth-order valence-electron chi connectivity index (χ4n) is 6.35. The first-order chi connectivity index (χ1) is 21.1. The van der Waals surface area contributed by atoms with Crippen LogP contribution in [-0.4, -0.2) is 60.9 Å². The standard InChI is InChI=1S/C37H71NO5/c1-3-5-7-8-15-21-33-42-36(40)23-17-11-9-13-19-29-38(31-32-39)30-20-14-10-12-18-24-37(41)43-35-27-25-34(26-28-35)22-16-6-4-2/h34-35,39H,3-33H2,1-2H3. The van der Waals surface area contributed by atoms with E-state index in [9.17, 15) is 14.7 Å². The zero-order chi connectivity index (χ0) is 31.2. The zero-order valence-corrected chi connectivity index (χ0v) is 28.6. The van der Waals surface area contributed by atoms with Crippen LogP contribution in [0.2, 0.25) is 0 Å². The lowest BCUT2D eigenvalue weighted by Crippen LogP contribution is -2.29. The molecule has 0 amide bonds. The number of ether oxygens (including phenoxy) is 2. The van der Waals surface area contributed by atoms with E-state index < -0.39 is 0 Å². The molecule has 1 saturated carbocycles. The molecule has 0 aromatic heterocycles. The Morgan fingerprint density at radius 2 is 1.12 bits per heavy atom. The van der Waals surface area contributed by atoms with Crippen molar-refractivity contribution >= 4 is 11.9 Å². The van der Waals surface area contributed by atoms with Gasteiger partial charge in [-0.2, -0.15) is 0 Å². The highest BCUT2D eigenvalue weighted by atomic mass is 16.5. The van der Waals surface area contributed by atoms with E-state index in [-0.39, 0.29) is 24.6 Å². The predicted octanol–water partition coefficient (Wildman–Crippen LogP) is 9.55. The van der Waals surface area contributed by atoms with Crippen LogP contribution in [0.4, 0.5) is 0 Å². The Morgan fingerprint density at radius 3 is 1.72 bits per heavy atom. The molecular formula is C37H71NO5. The quantitative estimate of drug-likeness (QED) is 0.0645. The Bertz CT molecular complexity index is 634. The number of hydrogen-bond donors (Lipinski definition) is 1. The van der Waals surface area contributed by atoms with Crippen molar-refractivity contribution in [2.75, 3.05) is 32.8 Å². The smallest absolute Gasteiger partial charge is 0.306 e. The molecule has 0 aromatic rings. The minimum atomic E-state index is -0.0341. The molecule has 0 heterocycles. The monoisotopic (exact) mass is 610 g/mol. The van der Waals surface area contributed by atoms with Crippen molar-refractivity contribution < 1.29 is 24.2 Å². The summed E-state index contributed by atoms with van der Waals surface area (Å²) >= 11 is 0. The third kappa shape index (κ3) is 24.8. The van der Waals surface area contributed by atoms with Crippen LogP contribution in [-0.2, 0) is 19.1 Å². The summed E-state index contributed by atoms with van der Waals surface area (Å²) in [5.74, 6) is 0.822. The molecule has 1 N–H and O–H groups in total. The van der Waals surface area contributed by atoms with Gasteiger partial charge in [-0.1, -0.05) is 110 Å². The first-order valence-electron chi connectivity index (χ1n) is 18.8. The second-order valence-electron chi connectivity index (χ2n) is 13.2. The van der Waals surface area contributed by atoms with Gasteiger partial charge < -0.3 is 19.5 Å². The number of carbonyl (C=O) groups is 2. The lowest BCUT2D eigenvalue weighted by molar-refractivity contribution is -0.151. The molecule has 0 aliphatic heterocycles. The summed E-state index contributed by atoms with van der Waals surface area (Å²) in [6.07, 6.45) is 29.4. The maximum atomic E-state index is 12.3. The summed E-state index contributed by atoms with van der Waals surface area (Å²) in [5.41, 5.74) is 0. The summed E-state index contributed by atoms with van der Waals surface area (Å²) < 4.78 is 11.1. The summed E-state index contributed by atoms with van der Waals surface area (Å²) in [7, 11) is 0. The second-order valence-corrected chi connectivity index (χ2v) is 13.2. The van der Waals surface area contributed by atoms with Crippen LogP contribution in [0.3, 0.4) is 0 Å². The molecule has 0 aromatic carbocycles. The lowest BCUT2D eigenvalue weighted by Gasteiger charge is -2.28. The van der Waals surface area contributed by atoms with E-state index in [4.69, 9.17) is 9.47 Å². The van der Waals surface area contributed by atoms with E-state index in [0.29, 0.717) is 19.4 Å². The van der Waals surface area contributed by atoms with Crippen molar-refractivity contribution in [1.82, 2.24) is 4.90 Å². The van der Waals surface area contributed by atoms with Crippen molar-refractivity contribution in [3.05, 3.63) is 0 Å². The van der Waals surface area contributed by atoms with Crippen LogP contribution in [0, 0.1) is 5.92 Å². The number of nitrogens with zero attached hydrogens (tertiary/aromatic N) is 1. The number of hydrogen-bond acceptors (Lipinski definition) is 6. The molecule has 0 radical (unpaired) electrons. The van der Waals surface area contributed by atoms with Crippen LogP contribution >= 0.6 is 0 Å². The molecule has 0 atom stereocenters. The Morgan fingerprint density at radius 1 is 0.605 bits per heavy atom. The first kappa shape index (κ1) is 39.9. The highest BCUT2D eigenvalue weighted by Gasteiger charge is 2.23. The normalized spacial score (nSPS) is 16.9. The summed E-state index contributed by atoms with van der Waals surface area (Å²) in [5, 5.41) is 9.46. The maximum absolute atomic E-state index is 12.3. The molecule has 6 heteroatoms. The van der Waals surface area contributed by atoms with Gasteiger partial charge in [0.25, 0.3) is 0 Å². The van der Waals surface area contributed by atoms with Crippen molar-refractivity contribution in [2.24, 2.45) is 5.92 Å². The van der Waals surface area contributed by atoms with Crippen LogP contribution in [0.25, 0.3) is 0 Å². The topological polar surface area (TPSA) is 76.1 Å². The summed E-state index contributed by atoms with van der Waals surface area (Å²) in [6, 6.07) is 0. The van der Waals surface area contributed by atoms with Gasteiger partial charge in [0.05, 0.1) is 13.2 Å². The molecule has 254 valence electrons. The van der Waals surface area contributed by atoms with Gasteiger partial charge in [0.15, 0.2) is 0 Å². The minimum absolute atomic E-state index is 0.00647. The third-order valence-electron chi connectivity index (χ3n) is 9.20. The third-order valence-corrected chi connectivity index (χ3v) is 9.20. The highest BCUT2D eigenvalue weighted by Crippen LogP contribution is 2.30. The van der Waals surface area contributed by atoms with Gasteiger partial charge in [0.2, 0.25) is 0 Å². The molecule has 1 aliphatic carbocycles. The van der Waals surface area contributed by atoms with Crippen molar-refractivity contribution in [2.45, 2.75) is 187 Å². The number of aliphatic hydroxyl groups excluding tert-OH is 1. The molecule has 0 bridgehead atoms. The summed E-state index contributed by atoms with van der Waals surface area (Å²) in [6.45, 7) is 8.10. The molecule has 1 fully saturated rings. The van der Waals surface area contributed by atoms with Crippen LogP contribution < -0.4 is 0 Å². The first-order valence-corrected chi connectivity index (χ1v) is 18.8. The van der Waals surface area contributed by atoms with Crippen LogP contribution in [0.15, 0.2) is 0 Å². The fourth-order valence-corrected chi connectivity index (χ4v) is 6.35. The maximum Gasteiger partial charge on any atom is 0.306 e. The van der Waals surface area contributed by atoms with E-state index >= 15 is 0 Å². The second kappa shape index (κ2) is 29.6. The molecule has 0 saturated heterocycles. The summed E-state index contributed by atoms with van der Waals surface area (Å²) in [4.78, 5) is 26.5. The van der Waals surface area contributed by atoms with Gasteiger partial charge in [-0.05, 0) is 76.8 Å². The molecule has 43 heavy (non-hydrogen) atoms. The van der Waals surface area contributed by atoms with Gasteiger partial charge in [-0.3, -0.25) is 9.59 Å². The average Bonchev–Trinajstić information content (AvgIpc) is 3.00. The van der Waals surface area contributed by atoms with Gasteiger partial charge in [-0.25, -0.2) is 0 Å². The van der Waals surface area contributed by atoms with Crippen molar-refractivity contribution in [3.63, 3.8) is 0 Å². The molecule has 0 spiro atoms. The molecule has 1 rings (SSSR count). The predicted molar refractivity (Wildman–Crippen MR) is 179 cm³/mol. The highest BCUT2D eigenvalue weighted by molar-refractivity contribution is 5.69. The zero-order valence-electron chi connectivity index (χ0n) is 28.6. The van der Waals surface area contributed by atoms with Gasteiger partial charge in [-0.15, -0.1) is 0 Å². The number of carbonyl (C=O) groups excluding carboxylic acids is 2. The van der Waals surface area contributed by atoms with Gasteiger partial charge >= 0.3 is 11.9 Å². The van der Waals surface area contributed by atoms with E-state index in [2.05, 4.69) is 18.7 Å². The van der Waals surface area contributed by atoms with Crippen molar-refractivity contribution in [3.8, 4) is 0 Å². The number of esters is 2. The van der Waals surface area contributed by atoms with Gasteiger partial charge in [0.1, 0.15) is 6.10 Å². The largest absolute Gasteiger partial charge is 0.466 e. The van der Waals surface area contributed by atoms with Crippen LogP contribution in [0.1, 0.15) is 181 Å². The SMILES string of the molecule is CCCCCCCCOC(=O)CCCCCCCN(CCO)CCCCCCCC(=O)OC1CCC(CCCCC)CC1. The van der Waals surface area contributed by atoms with Crippen LogP contribution in [0.5, 0.6) is 0 Å². The van der Waals surface area contributed by atoms with E-state index in [1.807, 2.05) is 0 Å². The lowest BCUT2D eigenvalue weighted by atomic mass is 9.84. The molecular weight excluding hydrogens is 538 g/mol. The van der Waals surface area contributed by atoms with Gasteiger partial charge in [0, 0.05) is 19.4 Å². The van der Waals surface area contributed by atoms with E-state index in [1.165, 1.54) is 83.5 Å². The molecule has 1 aliphatic rings. The minimum Gasteiger partial charge on any atom is -0.466 e. The number of aliphatic hydroxyl groups is 1. The Balaban J connectivity index is 1.94. The van der Waals surface area contributed by atoms with E-state index in [0.717, 1.165) is 96.2 Å².